The summed E-state index contributed by atoms with van der Waals surface area (Å²) in [5.41, 5.74) is 6.39. The second kappa shape index (κ2) is 7.82. The van der Waals surface area contributed by atoms with Gasteiger partial charge in [0.2, 0.25) is 11.8 Å². The lowest BCUT2D eigenvalue weighted by Crippen LogP contribution is -2.43. The highest BCUT2D eigenvalue weighted by molar-refractivity contribution is 6.30. The van der Waals surface area contributed by atoms with Crippen molar-refractivity contribution in [3.63, 3.8) is 0 Å². The molecule has 4 nitrogen and oxygen atoms in total. The predicted octanol–water partition coefficient (Wildman–Crippen LogP) is 2.93. The van der Waals surface area contributed by atoms with Crippen molar-refractivity contribution < 1.29 is 9.59 Å². The maximum absolute atomic E-state index is 11.7. The lowest BCUT2D eigenvalue weighted by molar-refractivity contribution is -0.128. The van der Waals surface area contributed by atoms with Crippen molar-refractivity contribution in [3.8, 4) is 0 Å². The van der Waals surface area contributed by atoms with Gasteiger partial charge in [-0.25, -0.2) is 0 Å². The van der Waals surface area contributed by atoms with Crippen LogP contribution in [0.2, 0.25) is 10.0 Å². The topological polar surface area (TPSA) is 58.2 Å². The molecule has 2 aromatic carbocycles. The SMILES string of the molecule is O=C(Cc1ccc(Cl)cc1)NNC(=O)Cc1ccc(Cl)cc1. The standard InChI is InChI=1S/C16H14Cl2N2O2/c17-13-5-1-11(2-6-13)9-15(21)19-20-16(22)10-12-3-7-14(18)8-4-12/h1-8H,9-10H2,(H,19,21)(H,20,22). The van der Waals surface area contributed by atoms with E-state index >= 15 is 0 Å². The van der Waals surface area contributed by atoms with E-state index in [0.29, 0.717) is 10.0 Å². The molecule has 0 saturated carbocycles. The molecule has 0 radical (unpaired) electrons. The van der Waals surface area contributed by atoms with Gasteiger partial charge >= 0.3 is 0 Å². The molecular weight excluding hydrogens is 323 g/mol. The second-order valence-electron chi connectivity index (χ2n) is 4.70. The Morgan fingerprint density at radius 2 is 1.00 bits per heavy atom. The van der Waals surface area contributed by atoms with Crippen LogP contribution in [0, 0.1) is 0 Å². The summed E-state index contributed by atoms with van der Waals surface area (Å²) in [5, 5.41) is 1.22. The molecule has 22 heavy (non-hydrogen) atoms. The molecule has 0 fully saturated rings. The third kappa shape index (κ3) is 5.39. The van der Waals surface area contributed by atoms with Gasteiger partial charge in [0.1, 0.15) is 0 Å². The number of hydrogen-bond donors (Lipinski definition) is 2. The van der Waals surface area contributed by atoms with Gasteiger partial charge in [-0.2, -0.15) is 0 Å². The van der Waals surface area contributed by atoms with Crippen LogP contribution in [0.5, 0.6) is 0 Å². The Hall–Kier alpha value is -2.04. The van der Waals surface area contributed by atoms with Crippen LogP contribution in [0.4, 0.5) is 0 Å². The Morgan fingerprint density at radius 1 is 0.682 bits per heavy atom. The molecule has 0 spiro atoms. The Bertz CT molecular complexity index is 595. The highest BCUT2D eigenvalue weighted by Crippen LogP contribution is 2.10. The number of amides is 2. The van der Waals surface area contributed by atoms with Crippen molar-refractivity contribution in [2.24, 2.45) is 0 Å². The zero-order chi connectivity index (χ0) is 15.9. The Labute approximate surface area is 138 Å². The van der Waals surface area contributed by atoms with E-state index in [1.54, 1.807) is 48.5 Å². The van der Waals surface area contributed by atoms with E-state index in [4.69, 9.17) is 23.2 Å². The van der Waals surface area contributed by atoms with Gasteiger partial charge in [-0.05, 0) is 35.4 Å². The monoisotopic (exact) mass is 336 g/mol. The minimum atomic E-state index is -0.299. The summed E-state index contributed by atoms with van der Waals surface area (Å²) in [7, 11) is 0. The molecule has 0 aliphatic rings. The molecule has 0 aliphatic heterocycles. The van der Waals surface area contributed by atoms with E-state index in [-0.39, 0.29) is 24.7 Å². The molecule has 0 bridgehead atoms. The smallest absolute Gasteiger partial charge is 0.242 e. The van der Waals surface area contributed by atoms with Gasteiger partial charge in [0.15, 0.2) is 0 Å². The summed E-state index contributed by atoms with van der Waals surface area (Å²) in [6.07, 6.45) is 0.330. The molecule has 0 saturated heterocycles. The third-order valence-corrected chi connectivity index (χ3v) is 3.40. The number of benzene rings is 2. The van der Waals surface area contributed by atoms with Crippen molar-refractivity contribution >= 4 is 35.0 Å². The summed E-state index contributed by atoms with van der Waals surface area (Å²) in [6, 6.07) is 13.9. The fourth-order valence-electron chi connectivity index (χ4n) is 1.80. The maximum atomic E-state index is 11.7. The molecule has 0 aromatic heterocycles. The molecule has 0 aliphatic carbocycles. The van der Waals surface area contributed by atoms with E-state index in [9.17, 15) is 9.59 Å². The molecule has 0 heterocycles. The molecule has 2 N–H and O–H groups in total. The summed E-state index contributed by atoms with van der Waals surface area (Å²) < 4.78 is 0. The zero-order valence-electron chi connectivity index (χ0n) is 11.6. The number of rotatable bonds is 4. The minimum absolute atomic E-state index is 0.165. The highest BCUT2D eigenvalue weighted by atomic mass is 35.5. The zero-order valence-corrected chi connectivity index (χ0v) is 13.1. The highest BCUT2D eigenvalue weighted by Gasteiger charge is 2.07. The molecule has 2 aromatic rings. The summed E-state index contributed by atoms with van der Waals surface area (Å²) in [4.78, 5) is 23.4. The number of carbonyl (C=O) groups excluding carboxylic acids is 2. The van der Waals surface area contributed by atoms with Crippen LogP contribution in [0.3, 0.4) is 0 Å². The first-order valence-electron chi connectivity index (χ1n) is 6.59. The Morgan fingerprint density at radius 3 is 1.32 bits per heavy atom. The van der Waals surface area contributed by atoms with Crippen molar-refractivity contribution in [1.29, 1.82) is 0 Å². The first kappa shape index (κ1) is 16.3. The van der Waals surface area contributed by atoms with Gasteiger partial charge in [0, 0.05) is 10.0 Å². The molecular formula is C16H14Cl2N2O2. The maximum Gasteiger partial charge on any atom is 0.242 e. The lowest BCUT2D eigenvalue weighted by atomic mass is 10.1. The summed E-state index contributed by atoms with van der Waals surface area (Å²) in [5.74, 6) is -0.599. The van der Waals surface area contributed by atoms with Gasteiger partial charge in [-0.1, -0.05) is 47.5 Å². The largest absolute Gasteiger partial charge is 0.273 e. The number of nitrogens with one attached hydrogen (secondary N) is 2. The second-order valence-corrected chi connectivity index (χ2v) is 5.58. The molecule has 2 amide bonds. The average molecular weight is 337 g/mol. The van der Waals surface area contributed by atoms with Crippen LogP contribution in [-0.4, -0.2) is 11.8 Å². The number of hydrazine groups is 1. The molecule has 2 rings (SSSR count). The van der Waals surface area contributed by atoms with E-state index < -0.39 is 0 Å². The van der Waals surface area contributed by atoms with Crippen LogP contribution < -0.4 is 10.9 Å². The minimum Gasteiger partial charge on any atom is -0.273 e. The fraction of sp³-hybridized carbons (Fsp3) is 0.125. The molecule has 0 unspecified atom stereocenters. The Kier molecular flexibility index (Phi) is 5.81. The van der Waals surface area contributed by atoms with Crippen LogP contribution in [-0.2, 0) is 22.4 Å². The van der Waals surface area contributed by atoms with Crippen molar-refractivity contribution in [3.05, 3.63) is 69.7 Å². The van der Waals surface area contributed by atoms with Crippen molar-refractivity contribution in [2.45, 2.75) is 12.8 Å². The van der Waals surface area contributed by atoms with Gasteiger partial charge in [-0.3, -0.25) is 20.4 Å². The summed E-state index contributed by atoms with van der Waals surface area (Å²) in [6.45, 7) is 0. The van der Waals surface area contributed by atoms with E-state index in [0.717, 1.165) is 11.1 Å². The summed E-state index contributed by atoms with van der Waals surface area (Å²) >= 11 is 11.5. The predicted molar refractivity (Wildman–Crippen MR) is 86.6 cm³/mol. The van der Waals surface area contributed by atoms with E-state index in [2.05, 4.69) is 10.9 Å². The lowest BCUT2D eigenvalue weighted by Gasteiger charge is -2.07. The van der Waals surface area contributed by atoms with Crippen LogP contribution in [0.15, 0.2) is 48.5 Å². The number of carbonyl (C=O) groups is 2. The number of hydrogen-bond acceptors (Lipinski definition) is 2. The Balaban J connectivity index is 1.76. The van der Waals surface area contributed by atoms with Crippen LogP contribution in [0.25, 0.3) is 0 Å². The van der Waals surface area contributed by atoms with E-state index in [1.165, 1.54) is 0 Å². The molecule has 6 heteroatoms. The van der Waals surface area contributed by atoms with E-state index in [1.807, 2.05) is 0 Å². The normalized spacial score (nSPS) is 10.1. The van der Waals surface area contributed by atoms with Crippen molar-refractivity contribution in [2.75, 3.05) is 0 Å². The first-order chi connectivity index (χ1) is 10.5. The number of halogens is 2. The quantitative estimate of drug-likeness (QED) is 0.843. The van der Waals surface area contributed by atoms with Crippen LogP contribution in [0.1, 0.15) is 11.1 Å². The molecule has 114 valence electrons. The van der Waals surface area contributed by atoms with Gasteiger partial charge in [0.05, 0.1) is 12.8 Å². The fourth-order valence-corrected chi connectivity index (χ4v) is 2.06. The van der Waals surface area contributed by atoms with Gasteiger partial charge in [0.25, 0.3) is 0 Å². The first-order valence-corrected chi connectivity index (χ1v) is 7.35. The molecule has 0 atom stereocenters. The van der Waals surface area contributed by atoms with Crippen LogP contribution >= 0.6 is 23.2 Å². The van der Waals surface area contributed by atoms with Crippen molar-refractivity contribution in [1.82, 2.24) is 10.9 Å². The van der Waals surface area contributed by atoms with Gasteiger partial charge in [-0.15, -0.1) is 0 Å². The van der Waals surface area contributed by atoms with Gasteiger partial charge < -0.3 is 0 Å². The average Bonchev–Trinajstić information content (AvgIpc) is 2.50. The third-order valence-electron chi connectivity index (χ3n) is 2.90.